The predicted molar refractivity (Wildman–Crippen MR) is 109 cm³/mol. The lowest BCUT2D eigenvalue weighted by Crippen LogP contribution is -2.25. The number of carbonyl (C=O) groups is 2. The van der Waals surface area contributed by atoms with Gasteiger partial charge in [0.15, 0.2) is 11.2 Å². The van der Waals surface area contributed by atoms with Crippen molar-refractivity contribution in [2.45, 2.75) is 32.6 Å². The molecule has 2 N–H and O–H groups in total. The van der Waals surface area contributed by atoms with E-state index >= 15 is 0 Å². The number of anilines is 1. The van der Waals surface area contributed by atoms with Gasteiger partial charge >= 0.3 is 0 Å². The van der Waals surface area contributed by atoms with Gasteiger partial charge in [-0.15, -0.1) is 11.3 Å². The number of para-hydroxylation sites is 1. The van der Waals surface area contributed by atoms with E-state index in [4.69, 9.17) is 4.42 Å². The van der Waals surface area contributed by atoms with Crippen LogP contribution in [-0.2, 0) is 12.8 Å². The first-order valence-electron chi connectivity index (χ1n) is 9.35. The largest absolute Gasteiger partial charge is 0.451 e. The molecule has 0 radical (unpaired) electrons. The number of hydrogen-bond acceptors (Lipinski definition) is 5. The molecule has 0 aliphatic heterocycles. The van der Waals surface area contributed by atoms with Gasteiger partial charge in [0.05, 0.1) is 10.9 Å². The molecular formula is C21H20N2O4S. The minimum atomic E-state index is -0.535. The maximum Gasteiger partial charge on any atom is 0.292 e. The quantitative estimate of drug-likeness (QED) is 0.703. The van der Waals surface area contributed by atoms with Crippen molar-refractivity contribution in [2.75, 3.05) is 11.9 Å². The lowest BCUT2D eigenvalue weighted by molar-refractivity contribution is 0.0956. The Labute approximate surface area is 165 Å². The summed E-state index contributed by atoms with van der Waals surface area (Å²) in [5.41, 5.74) is 1.64. The van der Waals surface area contributed by atoms with Gasteiger partial charge in [-0.2, -0.15) is 0 Å². The number of amides is 2. The molecule has 1 aliphatic rings. The Balaban J connectivity index is 1.71. The molecule has 2 heterocycles. The Kier molecular flexibility index (Phi) is 5.00. The van der Waals surface area contributed by atoms with E-state index in [0.717, 1.165) is 36.1 Å². The van der Waals surface area contributed by atoms with E-state index in [0.29, 0.717) is 28.1 Å². The molecule has 2 amide bonds. The molecule has 2 aromatic heterocycles. The highest BCUT2D eigenvalue weighted by Crippen LogP contribution is 2.38. The molecule has 1 aliphatic carbocycles. The lowest BCUT2D eigenvalue weighted by Gasteiger charge is -2.12. The first-order chi connectivity index (χ1) is 13.6. The molecule has 3 aromatic rings. The highest BCUT2D eigenvalue weighted by atomic mass is 32.1. The molecule has 7 heteroatoms. The van der Waals surface area contributed by atoms with Crippen LogP contribution < -0.4 is 16.1 Å². The maximum atomic E-state index is 12.8. The summed E-state index contributed by atoms with van der Waals surface area (Å²) < 4.78 is 5.62. The van der Waals surface area contributed by atoms with Crippen LogP contribution in [0.25, 0.3) is 11.0 Å². The Morgan fingerprint density at radius 2 is 1.93 bits per heavy atom. The van der Waals surface area contributed by atoms with Gasteiger partial charge < -0.3 is 15.1 Å². The fourth-order valence-corrected chi connectivity index (χ4v) is 4.81. The van der Waals surface area contributed by atoms with Crippen LogP contribution in [0.4, 0.5) is 5.00 Å². The molecule has 4 rings (SSSR count). The van der Waals surface area contributed by atoms with Crippen molar-refractivity contribution in [3.8, 4) is 0 Å². The summed E-state index contributed by atoms with van der Waals surface area (Å²) in [7, 11) is 0. The van der Waals surface area contributed by atoms with Gasteiger partial charge in [-0.25, -0.2) is 0 Å². The predicted octanol–water partition coefficient (Wildman–Crippen LogP) is 3.74. The second-order valence-corrected chi connectivity index (χ2v) is 7.80. The summed E-state index contributed by atoms with van der Waals surface area (Å²) in [6, 6.07) is 7.99. The first kappa shape index (κ1) is 18.4. The minimum absolute atomic E-state index is 0.0723. The molecule has 6 nitrogen and oxygen atoms in total. The van der Waals surface area contributed by atoms with Gasteiger partial charge in [-0.1, -0.05) is 12.1 Å². The third-order valence-electron chi connectivity index (χ3n) is 4.82. The van der Waals surface area contributed by atoms with E-state index in [-0.39, 0.29) is 17.1 Å². The third kappa shape index (κ3) is 3.33. The van der Waals surface area contributed by atoms with E-state index in [1.54, 1.807) is 24.3 Å². The maximum absolute atomic E-state index is 12.8. The molecule has 0 spiro atoms. The van der Waals surface area contributed by atoms with Gasteiger partial charge in [-0.3, -0.25) is 14.4 Å². The molecule has 144 valence electrons. The van der Waals surface area contributed by atoms with E-state index in [1.807, 2.05) is 6.92 Å². The number of fused-ring (bicyclic) bond motifs is 2. The second-order valence-electron chi connectivity index (χ2n) is 6.70. The lowest BCUT2D eigenvalue weighted by atomic mass is 9.95. The molecule has 0 saturated carbocycles. The van der Waals surface area contributed by atoms with Gasteiger partial charge in [0.25, 0.3) is 11.8 Å². The molecule has 0 unspecified atom stereocenters. The second kappa shape index (κ2) is 7.59. The summed E-state index contributed by atoms with van der Waals surface area (Å²) in [6.45, 7) is 2.37. The topological polar surface area (TPSA) is 88.4 Å². The normalized spacial score (nSPS) is 13.2. The number of carbonyl (C=O) groups excluding carboxylic acids is 2. The fraction of sp³-hybridized carbons (Fsp3) is 0.286. The van der Waals surface area contributed by atoms with Crippen molar-refractivity contribution < 1.29 is 14.0 Å². The van der Waals surface area contributed by atoms with Crippen LogP contribution in [0.15, 0.2) is 39.5 Å². The summed E-state index contributed by atoms with van der Waals surface area (Å²) in [5.74, 6) is -0.791. The summed E-state index contributed by atoms with van der Waals surface area (Å²) in [4.78, 5) is 38.8. The average molecular weight is 396 g/mol. The summed E-state index contributed by atoms with van der Waals surface area (Å²) >= 11 is 1.43. The van der Waals surface area contributed by atoms with Crippen LogP contribution in [0.2, 0.25) is 0 Å². The zero-order chi connectivity index (χ0) is 19.7. The number of aryl methyl sites for hydroxylation is 1. The van der Waals surface area contributed by atoms with Crippen LogP contribution in [-0.4, -0.2) is 18.4 Å². The zero-order valence-electron chi connectivity index (χ0n) is 15.5. The Hall–Kier alpha value is -2.93. The van der Waals surface area contributed by atoms with Gasteiger partial charge in [0.2, 0.25) is 0 Å². The van der Waals surface area contributed by atoms with Gasteiger partial charge in [0, 0.05) is 17.5 Å². The van der Waals surface area contributed by atoms with E-state index in [2.05, 4.69) is 10.6 Å². The Morgan fingerprint density at radius 3 is 2.75 bits per heavy atom. The minimum Gasteiger partial charge on any atom is -0.451 e. The molecule has 0 saturated heterocycles. The summed E-state index contributed by atoms with van der Waals surface area (Å²) in [6.07, 6.45) is 3.85. The average Bonchev–Trinajstić information content (AvgIpc) is 3.06. The van der Waals surface area contributed by atoms with Crippen molar-refractivity contribution in [3.05, 3.63) is 62.3 Å². The highest BCUT2D eigenvalue weighted by Gasteiger charge is 2.26. The highest BCUT2D eigenvalue weighted by molar-refractivity contribution is 7.17. The number of nitrogens with one attached hydrogen (secondary N) is 2. The van der Waals surface area contributed by atoms with Crippen molar-refractivity contribution >= 4 is 39.1 Å². The molecule has 1 aromatic carbocycles. The molecular weight excluding hydrogens is 376 g/mol. The van der Waals surface area contributed by atoms with Gasteiger partial charge in [-0.05, 0) is 50.3 Å². The monoisotopic (exact) mass is 396 g/mol. The van der Waals surface area contributed by atoms with Crippen LogP contribution in [0.5, 0.6) is 0 Å². The van der Waals surface area contributed by atoms with Crippen molar-refractivity contribution in [2.24, 2.45) is 0 Å². The van der Waals surface area contributed by atoms with Crippen LogP contribution in [0.1, 0.15) is 51.1 Å². The SMILES string of the molecule is CCNC(=O)c1c(NC(=O)c2cc(=O)c3ccccc3o2)sc2c1CCCC2. The molecule has 0 atom stereocenters. The smallest absolute Gasteiger partial charge is 0.292 e. The number of benzene rings is 1. The number of rotatable bonds is 4. The Bertz CT molecular complexity index is 1130. The molecule has 0 bridgehead atoms. The summed E-state index contributed by atoms with van der Waals surface area (Å²) in [5, 5.41) is 6.57. The fourth-order valence-electron chi connectivity index (χ4n) is 3.52. The van der Waals surface area contributed by atoms with Crippen molar-refractivity contribution in [1.29, 1.82) is 0 Å². The molecule has 28 heavy (non-hydrogen) atoms. The van der Waals surface area contributed by atoms with Crippen LogP contribution in [0.3, 0.4) is 0 Å². The van der Waals surface area contributed by atoms with Gasteiger partial charge in [0.1, 0.15) is 10.6 Å². The van der Waals surface area contributed by atoms with E-state index in [1.165, 1.54) is 17.4 Å². The van der Waals surface area contributed by atoms with Crippen LogP contribution >= 0.6 is 11.3 Å². The number of hydrogen-bond donors (Lipinski definition) is 2. The van der Waals surface area contributed by atoms with Crippen molar-refractivity contribution in [3.63, 3.8) is 0 Å². The standard InChI is InChI=1S/C21H20N2O4S/c1-2-22-20(26)18-13-8-4-6-10-17(13)28-21(18)23-19(25)16-11-14(24)12-7-3-5-9-15(12)27-16/h3,5,7,9,11H,2,4,6,8,10H2,1H3,(H,22,26)(H,23,25). The molecule has 0 fully saturated rings. The van der Waals surface area contributed by atoms with Crippen LogP contribution in [0, 0.1) is 0 Å². The zero-order valence-corrected chi connectivity index (χ0v) is 16.3. The van der Waals surface area contributed by atoms with Crippen molar-refractivity contribution in [1.82, 2.24) is 5.32 Å². The Morgan fingerprint density at radius 1 is 1.14 bits per heavy atom. The van der Waals surface area contributed by atoms with E-state index < -0.39 is 5.91 Å². The number of thiophene rings is 1. The van der Waals surface area contributed by atoms with E-state index in [9.17, 15) is 14.4 Å². The third-order valence-corrected chi connectivity index (χ3v) is 6.03. The first-order valence-corrected chi connectivity index (χ1v) is 10.2.